The van der Waals surface area contributed by atoms with Gasteiger partial charge in [0.25, 0.3) is 11.5 Å². The fourth-order valence-electron chi connectivity index (χ4n) is 5.28. The highest BCUT2D eigenvalue weighted by atomic mass is 19.4. The minimum absolute atomic E-state index is 0.117. The molecule has 1 saturated carbocycles. The van der Waals surface area contributed by atoms with Gasteiger partial charge in [-0.3, -0.25) is 9.59 Å². The van der Waals surface area contributed by atoms with Gasteiger partial charge in [-0.2, -0.15) is 18.3 Å². The topological polar surface area (TPSA) is 73.1 Å². The van der Waals surface area contributed by atoms with Crippen molar-refractivity contribution in [2.75, 3.05) is 14.2 Å². The molecule has 0 spiro atoms. The second kappa shape index (κ2) is 11.0. The average molecular weight is 552 g/mol. The van der Waals surface area contributed by atoms with E-state index in [1.54, 1.807) is 26.4 Å². The molecule has 0 bridgehead atoms. The van der Waals surface area contributed by atoms with Gasteiger partial charge in [0.05, 0.1) is 31.5 Å². The predicted molar refractivity (Wildman–Crippen MR) is 144 cm³/mol. The molecule has 1 aliphatic heterocycles. The molecule has 2 atom stereocenters. The summed E-state index contributed by atoms with van der Waals surface area (Å²) in [7, 11) is 3.16. The number of allylic oxidation sites excluding steroid dienone is 1. The van der Waals surface area contributed by atoms with E-state index in [1.807, 2.05) is 42.5 Å². The predicted octanol–water partition coefficient (Wildman–Crippen LogP) is 5.71. The van der Waals surface area contributed by atoms with Crippen LogP contribution in [0.25, 0.3) is 6.08 Å². The second-order valence-electron chi connectivity index (χ2n) is 9.76. The second-order valence-corrected chi connectivity index (χ2v) is 9.76. The van der Waals surface area contributed by atoms with Crippen molar-refractivity contribution in [2.45, 2.75) is 38.0 Å². The van der Waals surface area contributed by atoms with Gasteiger partial charge in [0.15, 0.2) is 0 Å². The van der Waals surface area contributed by atoms with Crippen LogP contribution in [0.5, 0.6) is 11.5 Å². The number of hydrazone groups is 1. The van der Waals surface area contributed by atoms with E-state index in [1.165, 1.54) is 5.01 Å². The van der Waals surface area contributed by atoms with Gasteiger partial charge in [-0.1, -0.05) is 24.3 Å². The average Bonchev–Trinajstić information content (AvgIpc) is 3.35. The van der Waals surface area contributed by atoms with E-state index in [-0.39, 0.29) is 5.92 Å². The first-order valence-electron chi connectivity index (χ1n) is 12.8. The number of pyridine rings is 1. The lowest BCUT2D eigenvalue weighted by molar-refractivity contribution is -0.139. The van der Waals surface area contributed by atoms with Crippen molar-refractivity contribution in [1.29, 1.82) is 0 Å². The number of nitrogens with zero attached hydrogens (tertiary/aromatic N) is 3. The Morgan fingerprint density at radius 2 is 1.65 bits per heavy atom. The van der Waals surface area contributed by atoms with Crippen molar-refractivity contribution in [1.82, 2.24) is 9.58 Å². The summed E-state index contributed by atoms with van der Waals surface area (Å²) in [4.78, 5) is 26.0. The Balaban J connectivity index is 1.52. The Morgan fingerprint density at radius 1 is 1.00 bits per heavy atom. The SMILES string of the molecule is COc1ccc(/C=C2/CCCC3C2=NN(C(=O)Cn2cc(C(F)(F)F)ccc2=O)C3c2ccc(OC)cc2)cc1. The third kappa shape index (κ3) is 5.52. The molecule has 3 aromatic rings. The largest absolute Gasteiger partial charge is 0.497 e. The first kappa shape index (κ1) is 27.2. The maximum absolute atomic E-state index is 13.6. The number of carbonyl (C=O) groups is 1. The van der Waals surface area contributed by atoms with Crippen LogP contribution in [0.3, 0.4) is 0 Å². The van der Waals surface area contributed by atoms with Crippen molar-refractivity contribution in [3.8, 4) is 11.5 Å². The quantitative estimate of drug-likeness (QED) is 0.394. The van der Waals surface area contributed by atoms with Gasteiger partial charge < -0.3 is 14.0 Å². The summed E-state index contributed by atoms with van der Waals surface area (Å²) in [5.41, 5.74) is 1.84. The van der Waals surface area contributed by atoms with Gasteiger partial charge in [-0.15, -0.1) is 0 Å². The molecular formula is C30H28F3N3O4. The Kier molecular flexibility index (Phi) is 7.51. The zero-order valence-corrected chi connectivity index (χ0v) is 22.0. The number of rotatable bonds is 6. The van der Waals surface area contributed by atoms with Crippen LogP contribution >= 0.6 is 0 Å². The lowest BCUT2D eigenvalue weighted by atomic mass is 9.77. The Bertz CT molecular complexity index is 1510. The van der Waals surface area contributed by atoms with Gasteiger partial charge in [0.2, 0.25) is 0 Å². The van der Waals surface area contributed by atoms with E-state index in [2.05, 4.69) is 0 Å². The van der Waals surface area contributed by atoms with Crippen molar-refractivity contribution in [3.63, 3.8) is 0 Å². The summed E-state index contributed by atoms with van der Waals surface area (Å²) in [6.45, 7) is -0.573. The van der Waals surface area contributed by atoms with Crippen LogP contribution < -0.4 is 15.0 Å². The molecular weight excluding hydrogens is 523 g/mol. The molecule has 0 saturated heterocycles. The Labute approximate surface area is 229 Å². The molecule has 1 aliphatic carbocycles. The zero-order valence-electron chi connectivity index (χ0n) is 22.0. The maximum atomic E-state index is 13.6. The number of methoxy groups -OCH3 is 2. The molecule has 2 unspecified atom stereocenters. The summed E-state index contributed by atoms with van der Waals surface area (Å²) in [6.07, 6.45) is 0.505. The monoisotopic (exact) mass is 551 g/mol. The summed E-state index contributed by atoms with van der Waals surface area (Å²) >= 11 is 0. The van der Waals surface area contributed by atoms with Gasteiger partial charge in [-0.05, 0) is 72.4 Å². The molecule has 1 aromatic heterocycles. The van der Waals surface area contributed by atoms with Gasteiger partial charge >= 0.3 is 6.18 Å². The molecule has 2 heterocycles. The fourth-order valence-corrected chi connectivity index (χ4v) is 5.28. The third-order valence-electron chi connectivity index (χ3n) is 7.29. The summed E-state index contributed by atoms with van der Waals surface area (Å²) in [5, 5.41) is 6.09. The highest BCUT2D eigenvalue weighted by Gasteiger charge is 2.44. The van der Waals surface area contributed by atoms with E-state index < -0.39 is 35.8 Å². The number of hydrogen-bond acceptors (Lipinski definition) is 5. The zero-order chi connectivity index (χ0) is 28.4. The van der Waals surface area contributed by atoms with E-state index in [0.717, 1.165) is 58.1 Å². The number of hydrogen-bond donors (Lipinski definition) is 0. The first-order chi connectivity index (χ1) is 19.2. The molecule has 40 heavy (non-hydrogen) atoms. The molecule has 0 N–H and O–H groups in total. The van der Waals surface area contributed by atoms with Gasteiger partial charge in [0.1, 0.15) is 18.0 Å². The number of benzene rings is 2. The summed E-state index contributed by atoms with van der Waals surface area (Å²) < 4.78 is 51.2. The van der Waals surface area contributed by atoms with Crippen LogP contribution in [0.1, 0.15) is 42.0 Å². The minimum atomic E-state index is -4.64. The number of amides is 1. The van der Waals surface area contributed by atoms with Crippen LogP contribution in [-0.2, 0) is 17.5 Å². The standard InChI is InChI=1S/C30H28F3N3O4/c1-39-23-11-6-19(7-12-23)16-21-4-3-5-25-28(21)34-36(29(25)20-8-13-24(40-2)14-9-20)27(38)18-35-17-22(30(31,32)33)10-15-26(35)37/h6-17,25,29H,3-5,18H2,1-2H3/b21-16-. The van der Waals surface area contributed by atoms with E-state index in [9.17, 15) is 22.8 Å². The van der Waals surface area contributed by atoms with Crippen molar-refractivity contribution in [3.05, 3.63) is 99.5 Å². The molecule has 2 aliphatic rings. The molecule has 0 radical (unpaired) electrons. The third-order valence-corrected chi connectivity index (χ3v) is 7.29. The molecule has 7 nitrogen and oxygen atoms in total. The fraction of sp³-hybridized carbons (Fsp3) is 0.300. The van der Waals surface area contributed by atoms with Crippen LogP contribution in [0.4, 0.5) is 13.2 Å². The number of halogens is 3. The van der Waals surface area contributed by atoms with Crippen LogP contribution in [-0.4, -0.2) is 35.4 Å². The van der Waals surface area contributed by atoms with Gasteiger partial charge in [-0.25, -0.2) is 5.01 Å². The summed E-state index contributed by atoms with van der Waals surface area (Å²) in [5.74, 6) is 0.699. The summed E-state index contributed by atoms with van der Waals surface area (Å²) in [6, 6.07) is 16.0. The van der Waals surface area contributed by atoms with Crippen molar-refractivity contribution >= 4 is 17.7 Å². The first-order valence-corrected chi connectivity index (χ1v) is 12.8. The van der Waals surface area contributed by atoms with E-state index >= 15 is 0 Å². The van der Waals surface area contributed by atoms with Gasteiger partial charge in [0, 0.05) is 18.2 Å². The van der Waals surface area contributed by atoms with Crippen LogP contribution in [0, 0.1) is 5.92 Å². The van der Waals surface area contributed by atoms with Crippen LogP contribution in [0.15, 0.2) is 82.3 Å². The molecule has 1 fully saturated rings. The molecule has 208 valence electrons. The number of ether oxygens (including phenoxy) is 2. The maximum Gasteiger partial charge on any atom is 0.417 e. The number of aromatic nitrogens is 1. The Hall–Kier alpha value is -4.34. The number of fused-ring (bicyclic) bond motifs is 1. The molecule has 2 aromatic carbocycles. The lowest BCUT2D eigenvalue weighted by Gasteiger charge is -2.30. The molecule has 1 amide bonds. The molecule has 10 heteroatoms. The molecule has 5 rings (SSSR count). The smallest absolute Gasteiger partial charge is 0.417 e. The van der Waals surface area contributed by atoms with E-state index in [0.29, 0.717) is 18.0 Å². The Morgan fingerprint density at radius 3 is 2.27 bits per heavy atom. The van der Waals surface area contributed by atoms with Crippen LogP contribution in [0.2, 0.25) is 0 Å². The normalized spacial score (nSPS) is 19.8. The lowest BCUT2D eigenvalue weighted by Crippen LogP contribution is -2.36. The minimum Gasteiger partial charge on any atom is -0.497 e. The highest BCUT2D eigenvalue weighted by molar-refractivity contribution is 6.08. The number of alkyl halides is 3. The number of carbonyl (C=O) groups excluding carboxylic acids is 1. The van der Waals surface area contributed by atoms with Crippen molar-refractivity contribution < 1.29 is 27.4 Å². The van der Waals surface area contributed by atoms with Crippen molar-refractivity contribution in [2.24, 2.45) is 11.0 Å². The van der Waals surface area contributed by atoms with E-state index in [4.69, 9.17) is 14.6 Å². The highest BCUT2D eigenvalue weighted by Crippen LogP contribution is 2.44.